The van der Waals surface area contributed by atoms with E-state index in [-0.39, 0.29) is 18.4 Å². The molecule has 4 aromatic carbocycles. The third-order valence-electron chi connectivity index (χ3n) is 11.2. The maximum absolute atomic E-state index is 14.2. The Morgan fingerprint density at radius 1 is 0.900 bits per heavy atom. The van der Waals surface area contributed by atoms with Crippen LogP contribution >= 0.6 is 23.2 Å². The number of pyridine rings is 2. The molecule has 60 heavy (non-hydrogen) atoms. The molecule has 0 saturated carbocycles. The van der Waals surface area contributed by atoms with Crippen molar-refractivity contribution in [3.63, 3.8) is 0 Å². The van der Waals surface area contributed by atoms with E-state index >= 15 is 0 Å². The Morgan fingerprint density at radius 3 is 2.42 bits per heavy atom. The Hall–Kier alpha value is -5.94. The van der Waals surface area contributed by atoms with Crippen molar-refractivity contribution in [1.29, 1.82) is 0 Å². The number of aryl methyl sites for hydroxylation is 2. The molecule has 2 aromatic heterocycles. The predicted molar refractivity (Wildman–Crippen MR) is 231 cm³/mol. The van der Waals surface area contributed by atoms with E-state index in [1.807, 2.05) is 112 Å². The zero-order chi connectivity index (χ0) is 41.9. The minimum absolute atomic E-state index is 0.132. The van der Waals surface area contributed by atoms with Gasteiger partial charge in [-0.3, -0.25) is 19.7 Å². The summed E-state index contributed by atoms with van der Waals surface area (Å²) in [6.45, 7) is 7.40. The number of amides is 1. The van der Waals surface area contributed by atoms with Crippen LogP contribution in [0.3, 0.4) is 0 Å². The molecule has 0 unspecified atom stereocenters. The van der Waals surface area contributed by atoms with E-state index < -0.39 is 18.1 Å². The monoisotopic (exact) mass is 842 g/mol. The first-order valence-corrected chi connectivity index (χ1v) is 20.6. The van der Waals surface area contributed by atoms with Crippen LogP contribution in [0.4, 0.5) is 0 Å². The lowest BCUT2D eigenvalue weighted by Gasteiger charge is -2.37. The van der Waals surface area contributed by atoms with Gasteiger partial charge in [0.05, 0.1) is 21.8 Å². The highest BCUT2D eigenvalue weighted by Gasteiger charge is 2.36. The normalized spacial score (nSPS) is 16.4. The molecule has 0 bridgehead atoms. The van der Waals surface area contributed by atoms with Crippen molar-refractivity contribution in [2.45, 2.75) is 71.5 Å². The molecule has 0 saturated heterocycles. The molecular formula is C48H44Cl2N4O6. The molecule has 0 radical (unpaired) electrons. The molecule has 2 N–H and O–H groups in total. The van der Waals surface area contributed by atoms with Gasteiger partial charge >= 0.3 is 5.97 Å². The topological polar surface area (TPSA) is 123 Å². The highest BCUT2D eigenvalue weighted by Crippen LogP contribution is 2.41. The molecule has 4 heterocycles. The van der Waals surface area contributed by atoms with Gasteiger partial charge in [-0.05, 0) is 126 Å². The number of carboxylic acid groups (broad SMARTS) is 1. The molecule has 2 aliphatic rings. The number of hydrogen-bond donors (Lipinski definition) is 2. The van der Waals surface area contributed by atoms with Crippen LogP contribution < -0.4 is 19.5 Å². The van der Waals surface area contributed by atoms with Crippen molar-refractivity contribution in [2.24, 2.45) is 0 Å². The summed E-state index contributed by atoms with van der Waals surface area (Å²) in [6.07, 6.45) is 1.92. The number of carbonyl (C=O) groups excluding carboxylic acids is 1. The van der Waals surface area contributed by atoms with Crippen molar-refractivity contribution in [3.8, 4) is 28.4 Å². The van der Waals surface area contributed by atoms with E-state index in [1.165, 1.54) is 0 Å². The number of halogens is 2. The summed E-state index contributed by atoms with van der Waals surface area (Å²) in [6, 6.07) is 30.9. The third-order valence-corrected chi connectivity index (χ3v) is 11.9. The predicted octanol–water partition coefficient (Wildman–Crippen LogP) is 9.21. The lowest BCUT2D eigenvalue weighted by atomic mass is 9.92. The number of benzene rings is 4. The number of rotatable bonds is 12. The fraction of sp³-hybridized carbons (Fsp3) is 0.250. The minimum atomic E-state index is -1.13. The van der Waals surface area contributed by atoms with Crippen LogP contribution in [0.1, 0.15) is 56.6 Å². The van der Waals surface area contributed by atoms with E-state index in [4.69, 9.17) is 42.4 Å². The van der Waals surface area contributed by atoms with Crippen LogP contribution in [0.25, 0.3) is 11.1 Å². The van der Waals surface area contributed by atoms with Gasteiger partial charge in [-0.2, -0.15) is 0 Å². The second-order valence-corrected chi connectivity index (χ2v) is 16.2. The fourth-order valence-corrected chi connectivity index (χ4v) is 8.06. The van der Waals surface area contributed by atoms with Gasteiger partial charge in [0.1, 0.15) is 25.0 Å². The average Bonchev–Trinajstić information content (AvgIpc) is 3.24. The molecule has 3 atom stereocenters. The van der Waals surface area contributed by atoms with Gasteiger partial charge in [0.2, 0.25) is 5.91 Å². The lowest BCUT2D eigenvalue weighted by molar-refractivity contribution is -0.142. The SMILES string of the molecule is Cc1cccc(CN2Cc3cc4c(cc3C[C@H]2C(=O)N[C@@H](Cc2ccc(-c3ccnc(C)c3C)cc2)C(=O)O)OC[C@H](c2ccc(OCc3ccc(Cl)c(Cl)c3)cc2)O4)n1. The van der Waals surface area contributed by atoms with Gasteiger partial charge in [0, 0.05) is 37.1 Å². The number of aromatic nitrogens is 2. The Kier molecular flexibility index (Phi) is 12.1. The number of ether oxygens (including phenoxy) is 3. The Labute approximate surface area is 359 Å². The standard InChI is InChI=1S/C48H44Cl2N4O6/c1-28-5-4-6-37(52-28)25-54-24-36-23-45-44(59-27-46(60-45)34-12-14-38(15-13-34)58-26-32-9-16-40(49)41(50)19-32)22-35(36)21-43(54)47(55)53-42(48(56)57)20-31-7-10-33(11-8-31)39-17-18-51-30(3)29(39)2/h4-19,22-23,42-43,46H,20-21,24-27H2,1-3H3,(H,53,55)(H,56,57)/t42-,43-,46+/m0/s1. The highest BCUT2D eigenvalue weighted by molar-refractivity contribution is 6.42. The first kappa shape index (κ1) is 40.8. The molecule has 12 heteroatoms. The quantitative estimate of drug-likeness (QED) is 0.124. The number of nitrogens with zero attached hydrogens (tertiary/aromatic N) is 3. The minimum Gasteiger partial charge on any atom is -0.489 e. The maximum Gasteiger partial charge on any atom is 0.326 e. The zero-order valence-electron chi connectivity index (χ0n) is 33.5. The number of fused-ring (bicyclic) bond motifs is 2. The number of nitrogens with one attached hydrogen (secondary N) is 1. The molecular weight excluding hydrogens is 799 g/mol. The average molecular weight is 844 g/mol. The smallest absolute Gasteiger partial charge is 0.326 e. The summed E-state index contributed by atoms with van der Waals surface area (Å²) in [4.78, 5) is 38.0. The second-order valence-electron chi connectivity index (χ2n) is 15.4. The lowest BCUT2D eigenvalue weighted by Crippen LogP contribution is -2.54. The third kappa shape index (κ3) is 9.26. The molecule has 0 fully saturated rings. The number of aliphatic carboxylic acids is 1. The molecule has 10 nitrogen and oxygen atoms in total. The highest BCUT2D eigenvalue weighted by atomic mass is 35.5. The molecule has 6 aromatic rings. The Bertz CT molecular complexity index is 2550. The van der Waals surface area contributed by atoms with Gasteiger partial charge in [0.25, 0.3) is 0 Å². The number of hydrogen-bond acceptors (Lipinski definition) is 8. The molecule has 306 valence electrons. The van der Waals surface area contributed by atoms with E-state index in [1.54, 1.807) is 18.3 Å². The van der Waals surface area contributed by atoms with Crippen LogP contribution in [0, 0.1) is 20.8 Å². The van der Waals surface area contributed by atoms with Crippen molar-refractivity contribution in [1.82, 2.24) is 20.2 Å². The van der Waals surface area contributed by atoms with Crippen LogP contribution in [-0.4, -0.2) is 50.5 Å². The van der Waals surface area contributed by atoms with Crippen molar-refractivity contribution >= 4 is 35.1 Å². The van der Waals surface area contributed by atoms with Gasteiger partial charge < -0.3 is 24.6 Å². The fourth-order valence-electron chi connectivity index (χ4n) is 7.74. The maximum atomic E-state index is 14.2. The van der Waals surface area contributed by atoms with Crippen LogP contribution in [0.5, 0.6) is 17.2 Å². The van der Waals surface area contributed by atoms with Crippen molar-refractivity contribution in [2.75, 3.05) is 6.61 Å². The molecule has 2 aliphatic heterocycles. The van der Waals surface area contributed by atoms with Crippen LogP contribution in [-0.2, 0) is 42.1 Å². The Balaban J connectivity index is 0.972. The van der Waals surface area contributed by atoms with Gasteiger partial charge in [-0.1, -0.05) is 71.7 Å². The summed E-state index contributed by atoms with van der Waals surface area (Å²) in [5.41, 5.74) is 10.4. The van der Waals surface area contributed by atoms with E-state index in [0.717, 1.165) is 61.6 Å². The van der Waals surface area contributed by atoms with Gasteiger partial charge in [-0.25, -0.2) is 4.79 Å². The molecule has 0 spiro atoms. The van der Waals surface area contributed by atoms with E-state index in [0.29, 0.717) is 60.0 Å². The van der Waals surface area contributed by atoms with Gasteiger partial charge in [-0.15, -0.1) is 0 Å². The zero-order valence-corrected chi connectivity index (χ0v) is 35.0. The van der Waals surface area contributed by atoms with Crippen molar-refractivity contribution in [3.05, 3.63) is 170 Å². The first-order valence-electron chi connectivity index (χ1n) is 19.8. The molecule has 1 amide bonds. The summed E-state index contributed by atoms with van der Waals surface area (Å²) < 4.78 is 18.8. The number of carboxylic acids is 1. The van der Waals surface area contributed by atoms with E-state index in [9.17, 15) is 14.7 Å². The summed E-state index contributed by atoms with van der Waals surface area (Å²) in [7, 11) is 0. The van der Waals surface area contributed by atoms with Crippen LogP contribution in [0.2, 0.25) is 10.0 Å². The second kappa shape index (κ2) is 17.7. The molecule has 8 rings (SSSR count). The number of carbonyl (C=O) groups is 2. The van der Waals surface area contributed by atoms with E-state index in [2.05, 4.69) is 15.2 Å². The largest absolute Gasteiger partial charge is 0.489 e. The van der Waals surface area contributed by atoms with Crippen molar-refractivity contribution < 1.29 is 28.9 Å². The van der Waals surface area contributed by atoms with Crippen LogP contribution in [0.15, 0.2) is 109 Å². The Morgan fingerprint density at radius 2 is 1.67 bits per heavy atom. The van der Waals surface area contributed by atoms with Gasteiger partial charge in [0.15, 0.2) is 17.6 Å². The summed E-state index contributed by atoms with van der Waals surface area (Å²) in [5.74, 6) is 0.458. The first-order chi connectivity index (χ1) is 29.0. The summed E-state index contributed by atoms with van der Waals surface area (Å²) in [5, 5.41) is 14.2. The summed E-state index contributed by atoms with van der Waals surface area (Å²) >= 11 is 12.2. The molecule has 0 aliphatic carbocycles.